The molecule has 5 atom stereocenters. The van der Waals surface area contributed by atoms with E-state index in [2.05, 4.69) is 23.0 Å². The minimum absolute atomic E-state index is 0.00436. The van der Waals surface area contributed by atoms with Crippen molar-refractivity contribution in [3.63, 3.8) is 0 Å². The number of nitrogens with one attached hydrogen (secondary N) is 3. The van der Waals surface area contributed by atoms with E-state index in [0.29, 0.717) is 38.6 Å². The van der Waals surface area contributed by atoms with Crippen LogP contribution < -0.4 is 16.1 Å². The maximum absolute atomic E-state index is 13.8. The largest absolute Gasteiger partial charge is 0.375 e. The number of hydrogen-bond donors (Lipinski definition) is 3. The zero-order valence-corrected chi connectivity index (χ0v) is 20.2. The number of nitrogens with zero attached hydrogens (tertiary/aromatic N) is 2. The molecule has 9 nitrogen and oxygen atoms in total. The third kappa shape index (κ3) is 9.09. The number of likely N-dealkylation sites (N-methyl/N-ethyl adjacent to an activating group) is 1. The first kappa shape index (κ1) is 26.3. The highest BCUT2D eigenvalue weighted by molar-refractivity contribution is 5.78. The fourth-order valence-electron chi connectivity index (χ4n) is 4.62. The van der Waals surface area contributed by atoms with E-state index in [1.165, 1.54) is 6.42 Å². The van der Waals surface area contributed by atoms with E-state index in [4.69, 9.17) is 9.47 Å². The molecule has 2 saturated heterocycles. The van der Waals surface area contributed by atoms with Crippen molar-refractivity contribution in [2.75, 3.05) is 53.0 Å². The van der Waals surface area contributed by atoms with Gasteiger partial charge in [-0.25, -0.2) is 9.40 Å². The lowest BCUT2D eigenvalue weighted by Crippen LogP contribution is -2.44. The van der Waals surface area contributed by atoms with Gasteiger partial charge in [-0.05, 0) is 38.1 Å². The summed E-state index contributed by atoms with van der Waals surface area (Å²) in [5.41, 5.74) is 3.17. The quantitative estimate of drug-likeness (QED) is 0.410. The zero-order valence-electron chi connectivity index (χ0n) is 20.2. The molecule has 1 saturated carbocycles. The molecule has 10 heteroatoms. The van der Waals surface area contributed by atoms with Crippen LogP contribution in [0.4, 0.5) is 4.39 Å². The van der Waals surface area contributed by atoms with Crippen LogP contribution in [0, 0.1) is 5.92 Å². The van der Waals surface area contributed by atoms with Crippen LogP contribution in [0.3, 0.4) is 0 Å². The molecule has 0 aromatic carbocycles. The summed E-state index contributed by atoms with van der Waals surface area (Å²) in [6.45, 7) is 5.87. The molecule has 2 amide bonds. The number of amides is 2. The van der Waals surface area contributed by atoms with Crippen LogP contribution in [0.25, 0.3) is 0 Å². The highest BCUT2D eigenvalue weighted by atomic mass is 19.1. The van der Waals surface area contributed by atoms with Crippen molar-refractivity contribution in [2.24, 2.45) is 5.92 Å². The van der Waals surface area contributed by atoms with Gasteiger partial charge in [-0.1, -0.05) is 19.8 Å². The van der Waals surface area contributed by atoms with Crippen LogP contribution >= 0.6 is 0 Å². The number of carbonyl (C=O) groups excluding carboxylic acids is 2. The normalized spacial score (nSPS) is 30.8. The number of hydrogen-bond acceptors (Lipinski definition) is 7. The van der Waals surface area contributed by atoms with Crippen LogP contribution in [0.2, 0.25) is 0 Å². The van der Waals surface area contributed by atoms with Crippen LogP contribution in [0.15, 0.2) is 0 Å². The van der Waals surface area contributed by atoms with Crippen LogP contribution in [-0.4, -0.2) is 99.3 Å². The number of piperidine rings is 1. The Morgan fingerprint density at radius 3 is 2.79 bits per heavy atom. The van der Waals surface area contributed by atoms with Gasteiger partial charge < -0.3 is 19.7 Å². The number of rotatable bonds is 11. The van der Waals surface area contributed by atoms with Crippen LogP contribution in [-0.2, 0) is 19.1 Å². The SMILES string of the molecule is CC1CCNC(OCCN(C)C(=O)CN2CC(NC(=O)CCOC3CCCCC3F)CN2)C1. The van der Waals surface area contributed by atoms with Gasteiger partial charge in [-0.2, -0.15) is 0 Å². The summed E-state index contributed by atoms with van der Waals surface area (Å²) in [6.07, 6.45) is 4.38. The van der Waals surface area contributed by atoms with Gasteiger partial charge in [0.05, 0.1) is 31.9 Å². The van der Waals surface area contributed by atoms with Crippen molar-refractivity contribution in [3.8, 4) is 0 Å². The number of halogens is 1. The molecule has 3 fully saturated rings. The Morgan fingerprint density at radius 1 is 1.18 bits per heavy atom. The van der Waals surface area contributed by atoms with Crippen molar-refractivity contribution < 1.29 is 23.5 Å². The predicted octanol–water partition coefficient (Wildman–Crippen LogP) is 0.799. The molecule has 3 N–H and O–H groups in total. The topological polar surface area (TPSA) is 95.2 Å². The monoisotopic (exact) mass is 471 g/mol. The maximum atomic E-state index is 13.8. The molecule has 190 valence electrons. The molecule has 5 unspecified atom stereocenters. The number of carbonyl (C=O) groups is 2. The summed E-state index contributed by atoms with van der Waals surface area (Å²) in [7, 11) is 1.78. The van der Waals surface area contributed by atoms with Crippen LogP contribution in [0.5, 0.6) is 0 Å². The minimum Gasteiger partial charge on any atom is -0.375 e. The Morgan fingerprint density at radius 2 is 2.00 bits per heavy atom. The summed E-state index contributed by atoms with van der Waals surface area (Å²) in [6, 6.07) is -0.0677. The van der Waals surface area contributed by atoms with Gasteiger partial charge in [0.2, 0.25) is 11.8 Å². The second kappa shape index (κ2) is 13.5. The molecule has 3 aliphatic rings. The van der Waals surface area contributed by atoms with Crippen LogP contribution in [0.1, 0.15) is 51.9 Å². The first-order valence-electron chi connectivity index (χ1n) is 12.5. The maximum Gasteiger partial charge on any atom is 0.238 e. The predicted molar refractivity (Wildman–Crippen MR) is 123 cm³/mol. The highest BCUT2D eigenvalue weighted by Gasteiger charge is 2.27. The van der Waals surface area contributed by atoms with E-state index >= 15 is 0 Å². The third-order valence-corrected chi connectivity index (χ3v) is 6.77. The molecule has 0 radical (unpaired) electrons. The number of ether oxygens (including phenoxy) is 2. The average molecular weight is 472 g/mol. The molecule has 2 aliphatic heterocycles. The van der Waals surface area contributed by atoms with Gasteiger partial charge >= 0.3 is 0 Å². The Bertz CT molecular complexity index is 628. The third-order valence-electron chi connectivity index (χ3n) is 6.77. The summed E-state index contributed by atoms with van der Waals surface area (Å²) < 4.78 is 25.2. The second-order valence-corrected chi connectivity index (χ2v) is 9.73. The van der Waals surface area contributed by atoms with Gasteiger partial charge in [-0.15, -0.1) is 0 Å². The lowest BCUT2D eigenvalue weighted by atomic mass is 9.96. The van der Waals surface area contributed by atoms with E-state index in [1.54, 1.807) is 11.9 Å². The van der Waals surface area contributed by atoms with Crippen molar-refractivity contribution in [1.29, 1.82) is 0 Å². The zero-order chi connectivity index (χ0) is 23.6. The molecule has 2 heterocycles. The smallest absolute Gasteiger partial charge is 0.238 e. The van der Waals surface area contributed by atoms with E-state index in [1.807, 2.05) is 5.01 Å². The fraction of sp³-hybridized carbons (Fsp3) is 0.913. The molecule has 0 aromatic heterocycles. The number of alkyl halides is 1. The lowest BCUT2D eigenvalue weighted by molar-refractivity contribution is -0.132. The van der Waals surface area contributed by atoms with Gasteiger partial charge in [0.1, 0.15) is 12.4 Å². The van der Waals surface area contributed by atoms with Gasteiger partial charge in [0, 0.05) is 33.1 Å². The fourth-order valence-corrected chi connectivity index (χ4v) is 4.62. The summed E-state index contributed by atoms with van der Waals surface area (Å²) >= 11 is 0. The van der Waals surface area contributed by atoms with E-state index in [0.717, 1.165) is 32.2 Å². The van der Waals surface area contributed by atoms with E-state index in [9.17, 15) is 14.0 Å². The first-order chi connectivity index (χ1) is 15.9. The lowest BCUT2D eigenvalue weighted by Gasteiger charge is -2.29. The molecule has 0 spiro atoms. The van der Waals surface area contributed by atoms with Gasteiger partial charge in [-0.3, -0.25) is 20.3 Å². The Balaban J connectivity index is 1.25. The molecule has 33 heavy (non-hydrogen) atoms. The van der Waals surface area contributed by atoms with Crippen molar-refractivity contribution in [2.45, 2.75) is 76.4 Å². The summed E-state index contributed by atoms with van der Waals surface area (Å²) in [5.74, 6) is 0.558. The number of hydrazine groups is 1. The van der Waals surface area contributed by atoms with Crippen molar-refractivity contribution >= 4 is 11.8 Å². The Hall–Kier alpha value is -1.33. The molecule has 1 aliphatic carbocycles. The van der Waals surface area contributed by atoms with Crippen molar-refractivity contribution in [3.05, 3.63) is 0 Å². The van der Waals surface area contributed by atoms with E-state index < -0.39 is 6.17 Å². The summed E-state index contributed by atoms with van der Waals surface area (Å²) in [5, 5.41) is 8.16. The standard InChI is InChI=1S/C23H42FN5O4/c1-17-7-9-25-22(13-17)33-12-10-28(2)23(31)16-29-15-18(14-26-29)27-21(30)8-11-32-20-6-4-3-5-19(20)24/h17-20,22,25-26H,3-16H2,1-2H3,(H,27,30). The second-order valence-electron chi connectivity index (χ2n) is 9.73. The molecule has 3 rings (SSSR count). The van der Waals surface area contributed by atoms with Gasteiger partial charge in [0.25, 0.3) is 0 Å². The summed E-state index contributed by atoms with van der Waals surface area (Å²) in [4.78, 5) is 26.4. The van der Waals surface area contributed by atoms with E-state index in [-0.39, 0.29) is 49.8 Å². The Kier molecular flexibility index (Phi) is 10.8. The molecule has 0 bridgehead atoms. The molecular weight excluding hydrogens is 429 g/mol. The first-order valence-corrected chi connectivity index (χ1v) is 12.5. The van der Waals surface area contributed by atoms with Gasteiger partial charge in [0.15, 0.2) is 0 Å². The molecular formula is C23H42FN5O4. The van der Waals surface area contributed by atoms with Crippen molar-refractivity contribution in [1.82, 2.24) is 26.0 Å². The average Bonchev–Trinajstić information content (AvgIpc) is 3.21. The molecule has 0 aromatic rings. The highest BCUT2D eigenvalue weighted by Crippen LogP contribution is 2.23. The minimum atomic E-state index is -0.913. The Labute approximate surface area is 197 Å².